The molecule has 3 N–H and O–H groups in total. The van der Waals surface area contributed by atoms with E-state index < -0.39 is 11.9 Å². The van der Waals surface area contributed by atoms with Gasteiger partial charge in [0.15, 0.2) is 0 Å². The highest BCUT2D eigenvalue weighted by Crippen LogP contribution is 2.22. The number of carbonyl (C=O) groups is 1. The number of carbonyl (C=O) groups excluding carboxylic acids is 1. The van der Waals surface area contributed by atoms with Crippen molar-refractivity contribution in [2.24, 2.45) is 11.1 Å². The summed E-state index contributed by atoms with van der Waals surface area (Å²) < 4.78 is 13.5. The zero-order valence-electron chi connectivity index (χ0n) is 10.7. The summed E-state index contributed by atoms with van der Waals surface area (Å²) in [4.78, 5) is 11.9. The van der Waals surface area contributed by atoms with Gasteiger partial charge in [0.1, 0.15) is 5.82 Å². The summed E-state index contributed by atoms with van der Waals surface area (Å²) in [7, 11) is 0. The normalized spacial score (nSPS) is 13.3. The summed E-state index contributed by atoms with van der Waals surface area (Å²) in [5, 5.41) is 2.55. The molecule has 1 aromatic carbocycles. The van der Waals surface area contributed by atoms with Crippen molar-refractivity contribution in [3.63, 3.8) is 0 Å². The molecule has 0 fully saturated rings. The van der Waals surface area contributed by atoms with E-state index in [2.05, 4.69) is 5.32 Å². The van der Waals surface area contributed by atoms with Crippen LogP contribution in [0.1, 0.15) is 26.3 Å². The Bertz CT molecular complexity index is 404. The molecule has 0 bridgehead atoms. The van der Waals surface area contributed by atoms with Gasteiger partial charge < -0.3 is 11.1 Å². The predicted octanol–water partition coefficient (Wildman–Crippen LogP) is 2.45. The van der Waals surface area contributed by atoms with Crippen LogP contribution in [-0.4, -0.2) is 11.9 Å². The monoisotopic (exact) mass is 238 g/mol. The Balaban J connectivity index is 2.89. The number of hydrogen-bond donors (Lipinski definition) is 2. The fourth-order valence-corrected chi connectivity index (χ4v) is 1.38. The molecule has 17 heavy (non-hydrogen) atoms. The topological polar surface area (TPSA) is 55.1 Å². The lowest BCUT2D eigenvalue weighted by Gasteiger charge is -2.26. The van der Waals surface area contributed by atoms with Crippen LogP contribution in [-0.2, 0) is 4.79 Å². The first kappa shape index (κ1) is 13.6. The van der Waals surface area contributed by atoms with E-state index in [0.29, 0.717) is 5.56 Å². The number of anilines is 1. The molecule has 94 valence electrons. The standard InChI is InChI=1S/C13H19FN2O/c1-8-6-5-7-9(14)10(8)16-12(17)11(15)13(2,3)4/h5-7,11H,15H2,1-4H3,(H,16,17)/t11-/m1/s1. The van der Waals surface area contributed by atoms with Gasteiger partial charge in [0, 0.05) is 0 Å². The van der Waals surface area contributed by atoms with Gasteiger partial charge in [0.05, 0.1) is 11.7 Å². The lowest BCUT2D eigenvalue weighted by atomic mass is 9.87. The van der Waals surface area contributed by atoms with Crippen molar-refractivity contribution in [2.75, 3.05) is 5.32 Å². The molecule has 0 aliphatic carbocycles. The third-order valence-electron chi connectivity index (χ3n) is 2.69. The van der Waals surface area contributed by atoms with Gasteiger partial charge in [-0.25, -0.2) is 4.39 Å². The van der Waals surface area contributed by atoms with Crippen molar-refractivity contribution in [1.82, 2.24) is 0 Å². The van der Waals surface area contributed by atoms with Gasteiger partial charge in [-0.3, -0.25) is 4.79 Å². The Kier molecular flexibility index (Phi) is 3.88. The molecule has 0 saturated carbocycles. The maximum absolute atomic E-state index is 13.5. The Hall–Kier alpha value is -1.42. The molecule has 0 heterocycles. The summed E-state index contributed by atoms with van der Waals surface area (Å²) in [6.07, 6.45) is 0. The van der Waals surface area contributed by atoms with E-state index in [4.69, 9.17) is 5.73 Å². The van der Waals surface area contributed by atoms with Crippen LogP contribution in [0.2, 0.25) is 0 Å². The lowest BCUT2D eigenvalue weighted by molar-refractivity contribution is -0.119. The summed E-state index contributed by atoms with van der Waals surface area (Å²) >= 11 is 0. The van der Waals surface area contributed by atoms with Gasteiger partial charge in [-0.05, 0) is 24.0 Å². The molecule has 0 saturated heterocycles. The second-order valence-electron chi connectivity index (χ2n) is 5.26. The van der Waals surface area contributed by atoms with E-state index in [0.717, 1.165) is 0 Å². The third-order valence-corrected chi connectivity index (χ3v) is 2.69. The minimum Gasteiger partial charge on any atom is -0.322 e. The second-order valence-corrected chi connectivity index (χ2v) is 5.26. The fourth-order valence-electron chi connectivity index (χ4n) is 1.38. The van der Waals surface area contributed by atoms with E-state index in [1.165, 1.54) is 6.07 Å². The van der Waals surface area contributed by atoms with Gasteiger partial charge in [-0.15, -0.1) is 0 Å². The zero-order chi connectivity index (χ0) is 13.2. The molecule has 0 aromatic heterocycles. The first-order chi connectivity index (χ1) is 7.73. The van der Waals surface area contributed by atoms with E-state index in [1.54, 1.807) is 19.1 Å². The maximum Gasteiger partial charge on any atom is 0.241 e. The van der Waals surface area contributed by atoms with E-state index in [-0.39, 0.29) is 17.0 Å². The third kappa shape index (κ3) is 3.27. The molecule has 1 rings (SSSR count). The number of amides is 1. The van der Waals surface area contributed by atoms with Gasteiger partial charge in [-0.1, -0.05) is 32.9 Å². The lowest BCUT2D eigenvalue weighted by Crippen LogP contribution is -2.45. The second kappa shape index (κ2) is 4.84. The van der Waals surface area contributed by atoms with Crippen LogP contribution in [0.15, 0.2) is 18.2 Å². The molecule has 4 heteroatoms. The van der Waals surface area contributed by atoms with E-state index in [9.17, 15) is 9.18 Å². The summed E-state index contributed by atoms with van der Waals surface area (Å²) in [6, 6.07) is 3.97. The minimum absolute atomic E-state index is 0.206. The van der Waals surface area contributed by atoms with Gasteiger partial charge in [0.2, 0.25) is 5.91 Å². The van der Waals surface area contributed by atoms with Crippen LogP contribution in [0.5, 0.6) is 0 Å². The summed E-state index contributed by atoms with van der Waals surface area (Å²) in [5.74, 6) is -0.815. The molecule has 0 unspecified atom stereocenters. The quantitative estimate of drug-likeness (QED) is 0.831. The first-order valence-electron chi connectivity index (χ1n) is 5.55. The molecule has 0 spiro atoms. The van der Waals surface area contributed by atoms with E-state index >= 15 is 0 Å². The minimum atomic E-state index is -0.679. The van der Waals surface area contributed by atoms with E-state index in [1.807, 2.05) is 20.8 Å². The summed E-state index contributed by atoms with van der Waals surface area (Å²) in [5.41, 5.74) is 6.34. The predicted molar refractivity (Wildman–Crippen MR) is 67.2 cm³/mol. The van der Waals surface area contributed by atoms with Crippen LogP contribution >= 0.6 is 0 Å². The Morgan fingerprint density at radius 3 is 2.47 bits per heavy atom. The number of nitrogens with two attached hydrogens (primary N) is 1. The molecular weight excluding hydrogens is 219 g/mol. The van der Waals surface area contributed by atoms with Crippen molar-refractivity contribution in [3.8, 4) is 0 Å². The molecule has 3 nitrogen and oxygen atoms in total. The molecule has 1 amide bonds. The van der Waals surface area contributed by atoms with Crippen LogP contribution in [0, 0.1) is 18.2 Å². The highest BCUT2D eigenvalue weighted by molar-refractivity contribution is 5.95. The van der Waals surface area contributed by atoms with Gasteiger partial charge in [-0.2, -0.15) is 0 Å². The highest BCUT2D eigenvalue weighted by Gasteiger charge is 2.28. The number of nitrogens with one attached hydrogen (secondary N) is 1. The molecule has 0 radical (unpaired) electrons. The average molecular weight is 238 g/mol. The smallest absolute Gasteiger partial charge is 0.241 e. The molecule has 0 aliphatic heterocycles. The van der Waals surface area contributed by atoms with Crippen LogP contribution in [0.3, 0.4) is 0 Å². The molecular formula is C13H19FN2O. The zero-order valence-corrected chi connectivity index (χ0v) is 10.7. The highest BCUT2D eigenvalue weighted by atomic mass is 19.1. The number of aryl methyl sites for hydroxylation is 1. The maximum atomic E-state index is 13.5. The van der Waals surface area contributed by atoms with Crippen molar-refractivity contribution in [3.05, 3.63) is 29.6 Å². The Labute approximate surface area is 101 Å². The fraction of sp³-hybridized carbons (Fsp3) is 0.462. The largest absolute Gasteiger partial charge is 0.322 e. The van der Waals surface area contributed by atoms with Crippen LogP contribution in [0.4, 0.5) is 10.1 Å². The Morgan fingerprint density at radius 2 is 2.00 bits per heavy atom. The Morgan fingerprint density at radius 1 is 1.41 bits per heavy atom. The molecule has 1 atom stereocenters. The first-order valence-corrected chi connectivity index (χ1v) is 5.55. The number of rotatable bonds is 2. The van der Waals surface area contributed by atoms with Crippen molar-refractivity contribution < 1.29 is 9.18 Å². The average Bonchev–Trinajstić information content (AvgIpc) is 2.21. The summed E-state index contributed by atoms with van der Waals surface area (Å²) in [6.45, 7) is 7.34. The van der Waals surface area contributed by atoms with Crippen molar-refractivity contribution >= 4 is 11.6 Å². The SMILES string of the molecule is Cc1cccc(F)c1NC(=O)[C@@H](N)C(C)(C)C. The molecule has 0 aliphatic rings. The molecule has 1 aromatic rings. The number of hydrogen-bond acceptors (Lipinski definition) is 2. The van der Waals surface area contributed by atoms with Crippen molar-refractivity contribution in [2.45, 2.75) is 33.7 Å². The van der Waals surface area contributed by atoms with Gasteiger partial charge >= 0.3 is 0 Å². The van der Waals surface area contributed by atoms with Gasteiger partial charge in [0.25, 0.3) is 0 Å². The van der Waals surface area contributed by atoms with Crippen LogP contribution < -0.4 is 11.1 Å². The number of halogens is 1. The number of benzene rings is 1. The number of para-hydroxylation sites is 1. The van der Waals surface area contributed by atoms with Crippen LogP contribution in [0.25, 0.3) is 0 Å². The van der Waals surface area contributed by atoms with Crippen molar-refractivity contribution in [1.29, 1.82) is 0 Å².